The fraction of sp³-hybridized carbons (Fsp3) is 0.400. The van der Waals surface area contributed by atoms with Gasteiger partial charge >= 0.3 is 0 Å². The summed E-state index contributed by atoms with van der Waals surface area (Å²) in [6.07, 6.45) is 2.04. The monoisotopic (exact) mass is 323 g/mol. The summed E-state index contributed by atoms with van der Waals surface area (Å²) in [5.41, 5.74) is 0.567. The molecule has 0 saturated carbocycles. The van der Waals surface area contributed by atoms with Gasteiger partial charge in [-0.1, -0.05) is 30.6 Å². The summed E-state index contributed by atoms with van der Waals surface area (Å²) in [7, 11) is 0. The van der Waals surface area contributed by atoms with Crippen LogP contribution >= 0.6 is 11.8 Å². The van der Waals surface area contributed by atoms with Crippen molar-refractivity contribution in [2.24, 2.45) is 0 Å². The minimum Gasteiger partial charge on any atom is -0.355 e. The van der Waals surface area contributed by atoms with Gasteiger partial charge in [0.05, 0.1) is 11.5 Å². The fourth-order valence-corrected chi connectivity index (χ4v) is 2.43. The Morgan fingerprint density at radius 1 is 1.45 bits per heavy atom. The van der Waals surface area contributed by atoms with Crippen LogP contribution in [0, 0.1) is 5.82 Å². The molecular formula is C15H18FN3O2S. The summed E-state index contributed by atoms with van der Waals surface area (Å²) < 4.78 is 18.2. The topological polar surface area (TPSA) is 68.0 Å². The molecule has 0 spiro atoms. The quantitative estimate of drug-likeness (QED) is 0.756. The Kier molecular flexibility index (Phi) is 6.39. The largest absolute Gasteiger partial charge is 0.355 e. The maximum absolute atomic E-state index is 13.1. The van der Waals surface area contributed by atoms with Gasteiger partial charge in [0.1, 0.15) is 5.82 Å². The van der Waals surface area contributed by atoms with E-state index in [1.807, 2.05) is 0 Å². The van der Waals surface area contributed by atoms with E-state index in [9.17, 15) is 9.18 Å². The van der Waals surface area contributed by atoms with Crippen LogP contribution in [0.2, 0.25) is 0 Å². The Balaban J connectivity index is 1.79. The van der Waals surface area contributed by atoms with Crippen molar-refractivity contribution in [2.45, 2.75) is 25.5 Å². The number of nitrogens with zero attached hydrogens (tertiary/aromatic N) is 2. The standard InChI is InChI=1S/C15H18FN3O2S/c1-2-3-7-17-13(20)9-22-10-14-18-15(19-21-14)11-5-4-6-12(16)8-11/h4-6,8H,2-3,7,9-10H2,1H3,(H,17,20). The van der Waals surface area contributed by atoms with Gasteiger partial charge in [0.2, 0.25) is 17.6 Å². The molecule has 0 unspecified atom stereocenters. The Morgan fingerprint density at radius 2 is 2.32 bits per heavy atom. The van der Waals surface area contributed by atoms with Crippen molar-refractivity contribution in [1.29, 1.82) is 0 Å². The van der Waals surface area contributed by atoms with Crippen molar-refractivity contribution in [3.05, 3.63) is 36.0 Å². The lowest BCUT2D eigenvalue weighted by molar-refractivity contribution is -0.118. The zero-order valence-corrected chi connectivity index (χ0v) is 13.2. The number of hydrogen-bond donors (Lipinski definition) is 1. The number of aromatic nitrogens is 2. The van der Waals surface area contributed by atoms with Gasteiger partial charge in [0.15, 0.2) is 0 Å². The number of halogens is 1. The minimum absolute atomic E-state index is 0.00307. The zero-order chi connectivity index (χ0) is 15.8. The van der Waals surface area contributed by atoms with Crippen molar-refractivity contribution in [3.63, 3.8) is 0 Å². The smallest absolute Gasteiger partial charge is 0.236 e. The molecule has 7 heteroatoms. The van der Waals surface area contributed by atoms with Gasteiger partial charge in [-0.2, -0.15) is 4.98 Å². The van der Waals surface area contributed by atoms with E-state index in [0.29, 0.717) is 35.3 Å². The lowest BCUT2D eigenvalue weighted by Crippen LogP contribution is -2.26. The molecule has 0 aliphatic rings. The van der Waals surface area contributed by atoms with Crippen LogP contribution in [0.4, 0.5) is 4.39 Å². The number of carbonyl (C=O) groups excluding carboxylic acids is 1. The Bertz CT molecular complexity index is 618. The number of hydrogen-bond acceptors (Lipinski definition) is 5. The number of rotatable bonds is 8. The summed E-state index contributed by atoms with van der Waals surface area (Å²) in [5, 5.41) is 6.66. The molecule has 1 aromatic heterocycles. The molecule has 0 radical (unpaired) electrons. The SMILES string of the molecule is CCCCNC(=O)CSCc1nc(-c2cccc(F)c2)no1. The molecule has 1 amide bonds. The average molecular weight is 323 g/mol. The second kappa shape index (κ2) is 8.53. The second-order valence-electron chi connectivity index (χ2n) is 4.72. The van der Waals surface area contributed by atoms with E-state index in [0.717, 1.165) is 12.8 Å². The van der Waals surface area contributed by atoms with Crippen molar-refractivity contribution >= 4 is 17.7 Å². The highest BCUT2D eigenvalue weighted by atomic mass is 32.2. The van der Waals surface area contributed by atoms with Crippen molar-refractivity contribution in [3.8, 4) is 11.4 Å². The predicted octanol–water partition coefficient (Wildman–Crippen LogP) is 3.03. The first-order chi connectivity index (χ1) is 10.7. The first-order valence-corrected chi connectivity index (χ1v) is 8.27. The zero-order valence-electron chi connectivity index (χ0n) is 12.3. The molecule has 0 bridgehead atoms. The van der Waals surface area contributed by atoms with Crippen LogP contribution in [0.3, 0.4) is 0 Å². The van der Waals surface area contributed by atoms with Crippen LogP contribution in [-0.4, -0.2) is 28.3 Å². The van der Waals surface area contributed by atoms with Gasteiger partial charge in [0, 0.05) is 12.1 Å². The van der Waals surface area contributed by atoms with E-state index in [1.165, 1.54) is 23.9 Å². The van der Waals surface area contributed by atoms with Gasteiger partial charge in [-0.25, -0.2) is 4.39 Å². The highest BCUT2D eigenvalue weighted by Gasteiger charge is 2.10. The molecule has 0 saturated heterocycles. The molecule has 118 valence electrons. The molecule has 2 rings (SSSR count). The van der Waals surface area contributed by atoms with Gasteiger partial charge < -0.3 is 9.84 Å². The third-order valence-electron chi connectivity index (χ3n) is 2.86. The number of thioether (sulfide) groups is 1. The fourth-order valence-electron chi connectivity index (χ4n) is 1.74. The van der Waals surface area contributed by atoms with Crippen molar-refractivity contribution in [1.82, 2.24) is 15.5 Å². The third kappa shape index (κ3) is 5.14. The first kappa shape index (κ1) is 16.5. The molecule has 1 aromatic carbocycles. The highest BCUT2D eigenvalue weighted by Crippen LogP contribution is 2.18. The van der Waals surface area contributed by atoms with E-state index in [2.05, 4.69) is 22.4 Å². The van der Waals surface area contributed by atoms with E-state index in [1.54, 1.807) is 12.1 Å². The molecule has 1 N–H and O–H groups in total. The Hall–Kier alpha value is -1.89. The van der Waals surface area contributed by atoms with Crippen molar-refractivity contribution < 1.29 is 13.7 Å². The molecule has 2 aromatic rings. The highest BCUT2D eigenvalue weighted by molar-refractivity contribution is 7.99. The van der Waals surface area contributed by atoms with Crippen LogP contribution in [0.15, 0.2) is 28.8 Å². The van der Waals surface area contributed by atoms with Crippen LogP contribution < -0.4 is 5.32 Å². The van der Waals surface area contributed by atoms with Gasteiger partial charge in [0.25, 0.3) is 0 Å². The van der Waals surface area contributed by atoms with E-state index >= 15 is 0 Å². The van der Waals surface area contributed by atoms with E-state index < -0.39 is 0 Å². The van der Waals surface area contributed by atoms with Gasteiger partial charge in [-0.05, 0) is 18.6 Å². The molecule has 0 aliphatic heterocycles. The van der Waals surface area contributed by atoms with Gasteiger partial charge in [-0.15, -0.1) is 11.8 Å². The van der Waals surface area contributed by atoms with Gasteiger partial charge in [-0.3, -0.25) is 4.79 Å². The van der Waals surface area contributed by atoms with Crippen LogP contribution in [0.25, 0.3) is 11.4 Å². The number of carbonyl (C=O) groups is 1. The number of nitrogens with one attached hydrogen (secondary N) is 1. The third-order valence-corrected chi connectivity index (χ3v) is 3.78. The van der Waals surface area contributed by atoms with E-state index in [4.69, 9.17) is 4.52 Å². The molecule has 0 atom stereocenters. The Morgan fingerprint density at radius 3 is 3.09 bits per heavy atom. The summed E-state index contributed by atoms with van der Waals surface area (Å²) in [6, 6.07) is 6.02. The maximum atomic E-state index is 13.1. The number of benzene rings is 1. The summed E-state index contributed by atoms with van der Waals surface area (Å²) in [5.74, 6) is 1.23. The molecule has 0 fully saturated rings. The molecule has 1 heterocycles. The van der Waals surface area contributed by atoms with Crippen LogP contribution in [0.5, 0.6) is 0 Å². The van der Waals surface area contributed by atoms with Crippen LogP contribution in [-0.2, 0) is 10.5 Å². The summed E-state index contributed by atoms with van der Waals surface area (Å²) in [6.45, 7) is 2.78. The minimum atomic E-state index is -0.345. The first-order valence-electron chi connectivity index (χ1n) is 7.12. The normalized spacial score (nSPS) is 10.6. The number of amides is 1. The number of unbranched alkanes of at least 4 members (excludes halogenated alkanes) is 1. The summed E-state index contributed by atoms with van der Waals surface area (Å²) in [4.78, 5) is 15.7. The summed E-state index contributed by atoms with van der Waals surface area (Å²) >= 11 is 1.40. The average Bonchev–Trinajstić information content (AvgIpc) is 2.96. The molecule has 0 aliphatic carbocycles. The molecule has 22 heavy (non-hydrogen) atoms. The maximum Gasteiger partial charge on any atom is 0.236 e. The predicted molar refractivity (Wildman–Crippen MR) is 83.8 cm³/mol. The van der Waals surface area contributed by atoms with E-state index in [-0.39, 0.29) is 11.7 Å². The second-order valence-corrected chi connectivity index (χ2v) is 5.70. The van der Waals surface area contributed by atoms with Crippen LogP contribution in [0.1, 0.15) is 25.7 Å². The lowest BCUT2D eigenvalue weighted by atomic mass is 10.2. The molecule has 5 nitrogen and oxygen atoms in total. The molecular weight excluding hydrogens is 305 g/mol. The lowest BCUT2D eigenvalue weighted by Gasteiger charge is -2.02. The Labute approximate surface area is 132 Å². The van der Waals surface area contributed by atoms with Crippen molar-refractivity contribution in [2.75, 3.05) is 12.3 Å².